The summed E-state index contributed by atoms with van der Waals surface area (Å²) in [5, 5.41) is 0. The number of nitrogens with zero attached hydrogens (tertiary/aromatic N) is 4. The van der Waals surface area contributed by atoms with Crippen molar-refractivity contribution in [1.29, 1.82) is 0 Å². The van der Waals surface area contributed by atoms with Gasteiger partial charge in [0.2, 0.25) is 5.95 Å². The third-order valence-corrected chi connectivity index (χ3v) is 5.94. The van der Waals surface area contributed by atoms with E-state index >= 15 is 0 Å². The van der Waals surface area contributed by atoms with Crippen molar-refractivity contribution in [2.45, 2.75) is 60.4 Å². The van der Waals surface area contributed by atoms with E-state index in [1.165, 1.54) is 18.2 Å². The van der Waals surface area contributed by atoms with E-state index in [1.807, 2.05) is 50.5 Å². The molecule has 1 unspecified atom stereocenters. The molecule has 0 aliphatic carbocycles. The number of aromatic nitrogens is 2. The molecule has 4 nitrogen and oxygen atoms in total. The molecule has 2 aromatic carbocycles. The number of hydrogen-bond acceptors (Lipinski definition) is 4. The molecule has 0 amide bonds. The first-order valence-corrected chi connectivity index (χ1v) is 13.0. The summed E-state index contributed by atoms with van der Waals surface area (Å²) < 4.78 is 28.3. The summed E-state index contributed by atoms with van der Waals surface area (Å²) in [6.45, 7) is 14.7. The van der Waals surface area contributed by atoms with Gasteiger partial charge in [0.25, 0.3) is 0 Å². The van der Waals surface area contributed by atoms with Gasteiger partial charge >= 0.3 is 0 Å². The van der Waals surface area contributed by atoms with Crippen molar-refractivity contribution in [3.8, 4) is 11.1 Å². The number of hydrogen-bond donors (Lipinski definition) is 0. The smallest absolute Gasteiger partial charge is 0.225 e. The maximum atomic E-state index is 14.1. The van der Waals surface area contributed by atoms with Crippen LogP contribution in [0.4, 0.5) is 14.7 Å². The van der Waals surface area contributed by atoms with Gasteiger partial charge in [-0.15, -0.1) is 0 Å². The van der Waals surface area contributed by atoms with Crippen LogP contribution in [-0.2, 0) is 0 Å². The van der Waals surface area contributed by atoms with Crippen LogP contribution in [0.15, 0.2) is 59.9 Å². The minimum Gasteiger partial charge on any atom is -0.340 e. The molecule has 2 heterocycles. The summed E-state index contributed by atoms with van der Waals surface area (Å²) in [6.07, 6.45) is 5.04. The van der Waals surface area contributed by atoms with Crippen molar-refractivity contribution in [3.63, 3.8) is 0 Å². The fourth-order valence-electron chi connectivity index (χ4n) is 4.45. The molecule has 0 N–H and O–H groups in total. The molecule has 1 aliphatic rings. The Morgan fingerprint density at radius 3 is 1.92 bits per heavy atom. The lowest BCUT2D eigenvalue weighted by atomic mass is 10.0. The van der Waals surface area contributed by atoms with E-state index in [-0.39, 0.29) is 11.6 Å². The Balaban J connectivity index is 0.00000176. The quantitative estimate of drug-likeness (QED) is 0.321. The lowest BCUT2D eigenvalue weighted by molar-refractivity contribution is 0.544. The highest BCUT2D eigenvalue weighted by Gasteiger charge is 2.24. The van der Waals surface area contributed by atoms with Crippen molar-refractivity contribution in [2.75, 3.05) is 18.0 Å². The monoisotopic (exact) mass is 492 g/mol. The van der Waals surface area contributed by atoms with Gasteiger partial charge in [-0.25, -0.2) is 18.7 Å². The van der Waals surface area contributed by atoms with Gasteiger partial charge in [0.1, 0.15) is 11.6 Å². The predicted molar refractivity (Wildman–Crippen MR) is 146 cm³/mol. The average Bonchev–Trinajstić information content (AvgIpc) is 3.34. The minimum atomic E-state index is -0.557. The Labute approximate surface area is 214 Å². The molecule has 36 heavy (non-hydrogen) atoms. The van der Waals surface area contributed by atoms with Gasteiger partial charge in [0, 0.05) is 36.8 Å². The van der Waals surface area contributed by atoms with Crippen LogP contribution in [0, 0.1) is 23.5 Å². The third kappa shape index (κ3) is 6.74. The van der Waals surface area contributed by atoms with Crippen molar-refractivity contribution < 1.29 is 8.78 Å². The molecular formula is C30H38F2N4. The summed E-state index contributed by atoms with van der Waals surface area (Å²) in [6, 6.07) is 12.0. The molecule has 0 spiro atoms. The third-order valence-electron chi connectivity index (χ3n) is 5.94. The van der Waals surface area contributed by atoms with Crippen molar-refractivity contribution in [1.82, 2.24) is 9.97 Å². The Morgan fingerprint density at radius 1 is 0.833 bits per heavy atom. The largest absolute Gasteiger partial charge is 0.340 e. The van der Waals surface area contributed by atoms with E-state index in [2.05, 4.69) is 47.6 Å². The van der Waals surface area contributed by atoms with Crippen molar-refractivity contribution in [3.05, 3.63) is 77.6 Å². The van der Waals surface area contributed by atoms with Crippen LogP contribution >= 0.6 is 0 Å². The summed E-state index contributed by atoms with van der Waals surface area (Å²) in [4.78, 5) is 16.2. The van der Waals surface area contributed by atoms with E-state index < -0.39 is 11.6 Å². The Morgan fingerprint density at radius 2 is 1.39 bits per heavy atom. The molecular weight excluding hydrogens is 454 g/mol. The molecule has 192 valence electrons. The summed E-state index contributed by atoms with van der Waals surface area (Å²) in [5.74, 6) is 0.708. The second kappa shape index (κ2) is 12.7. The van der Waals surface area contributed by atoms with E-state index in [9.17, 15) is 8.78 Å². The standard InChI is InChI=1S/C28H32F2N4.C2H6/c1-18(2)16-34(17-19(3)4)28-31-14-22(15-32-28)20-8-10-21(11-9-20)25-12-13-26(33-25)27-23(29)6-5-7-24(27)30;1-2/h5-11,14-15,18-19,25H,12-13,16-17H2,1-4H3;1-2H3. The van der Waals surface area contributed by atoms with Gasteiger partial charge in [-0.2, -0.15) is 0 Å². The van der Waals surface area contributed by atoms with E-state index in [0.29, 0.717) is 24.0 Å². The molecule has 0 saturated heterocycles. The SMILES string of the molecule is CC.CC(C)CN(CC(C)C)c1ncc(-c2ccc(C3CCC(c4c(F)cccc4F)=N3)cc2)cn1. The van der Waals surface area contributed by atoms with Gasteiger partial charge in [0.05, 0.1) is 11.6 Å². The van der Waals surface area contributed by atoms with Crippen molar-refractivity contribution >= 4 is 11.7 Å². The van der Waals surface area contributed by atoms with Gasteiger partial charge < -0.3 is 4.90 Å². The molecule has 0 bridgehead atoms. The second-order valence-electron chi connectivity index (χ2n) is 9.81. The van der Waals surface area contributed by atoms with Crippen LogP contribution in [0.2, 0.25) is 0 Å². The molecule has 0 saturated carbocycles. The van der Waals surface area contributed by atoms with Crippen LogP contribution in [0.25, 0.3) is 11.1 Å². The van der Waals surface area contributed by atoms with Gasteiger partial charge in [0.15, 0.2) is 0 Å². The first-order valence-electron chi connectivity index (χ1n) is 13.0. The van der Waals surface area contributed by atoms with Crippen LogP contribution < -0.4 is 4.90 Å². The molecule has 0 radical (unpaired) electrons. The maximum absolute atomic E-state index is 14.1. The van der Waals surface area contributed by atoms with Gasteiger partial charge in [-0.1, -0.05) is 71.9 Å². The molecule has 1 atom stereocenters. The molecule has 1 aromatic heterocycles. The minimum absolute atomic E-state index is 0.00263. The lowest BCUT2D eigenvalue weighted by Gasteiger charge is -2.26. The van der Waals surface area contributed by atoms with E-state index in [0.717, 1.165) is 42.1 Å². The summed E-state index contributed by atoms with van der Waals surface area (Å²) in [7, 11) is 0. The molecule has 4 rings (SSSR count). The van der Waals surface area contributed by atoms with Gasteiger partial charge in [-0.05, 0) is 47.9 Å². The highest BCUT2D eigenvalue weighted by molar-refractivity contribution is 6.02. The highest BCUT2D eigenvalue weighted by atomic mass is 19.1. The fraction of sp³-hybridized carbons (Fsp3) is 0.433. The number of aliphatic imine (C=N–C) groups is 1. The number of benzene rings is 2. The predicted octanol–water partition coefficient (Wildman–Crippen LogP) is 7.89. The molecule has 1 aliphatic heterocycles. The van der Waals surface area contributed by atoms with Crippen LogP contribution in [0.1, 0.15) is 71.6 Å². The lowest BCUT2D eigenvalue weighted by Crippen LogP contribution is -2.32. The Kier molecular flexibility index (Phi) is 9.68. The van der Waals surface area contributed by atoms with Crippen LogP contribution in [0.5, 0.6) is 0 Å². The number of halogens is 2. The first-order chi connectivity index (χ1) is 17.3. The summed E-state index contributed by atoms with van der Waals surface area (Å²) in [5.41, 5.74) is 3.52. The van der Waals surface area contributed by atoms with Crippen LogP contribution in [-0.4, -0.2) is 28.8 Å². The normalized spacial score (nSPS) is 15.1. The zero-order valence-electron chi connectivity index (χ0n) is 22.3. The average molecular weight is 493 g/mol. The fourth-order valence-corrected chi connectivity index (χ4v) is 4.45. The van der Waals surface area contributed by atoms with E-state index in [1.54, 1.807) is 0 Å². The molecule has 3 aromatic rings. The Bertz CT molecular complexity index is 1110. The maximum Gasteiger partial charge on any atom is 0.225 e. The first kappa shape index (κ1) is 27.4. The highest BCUT2D eigenvalue weighted by Crippen LogP contribution is 2.33. The second-order valence-corrected chi connectivity index (χ2v) is 9.81. The topological polar surface area (TPSA) is 41.4 Å². The Hall–Kier alpha value is -3.15. The molecule has 0 fully saturated rings. The number of rotatable bonds is 8. The zero-order valence-corrected chi connectivity index (χ0v) is 22.3. The van der Waals surface area contributed by atoms with Crippen molar-refractivity contribution in [2.24, 2.45) is 16.8 Å². The molecule has 6 heteroatoms. The summed E-state index contributed by atoms with van der Waals surface area (Å²) >= 11 is 0. The van der Waals surface area contributed by atoms with E-state index in [4.69, 9.17) is 0 Å². The zero-order chi connectivity index (χ0) is 26.2. The van der Waals surface area contributed by atoms with Gasteiger partial charge in [-0.3, -0.25) is 4.99 Å². The van der Waals surface area contributed by atoms with Crippen LogP contribution in [0.3, 0.4) is 0 Å². The number of anilines is 1.